The van der Waals surface area contributed by atoms with E-state index >= 15 is 0 Å². The first kappa shape index (κ1) is 23.3. The Morgan fingerprint density at radius 1 is 1.00 bits per heavy atom. The molecule has 3 aliphatic rings. The number of hydrogen-bond acceptors (Lipinski definition) is 5. The monoisotopic (exact) mass is 475 g/mol. The summed E-state index contributed by atoms with van der Waals surface area (Å²) in [6, 6.07) is 17.7. The van der Waals surface area contributed by atoms with Gasteiger partial charge in [0.05, 0.1) is 18.8 Å². The minimum Gasteiger partial charge on any atom is -0.495 e. The number of rotatable bonds is 5. The van der Waals surface area contributed by atoms with E-state index in [4.69, 9.17) is 9.47 Å². The van der Waals surface area contributed by atoms with Crippen LogP contribution in [0.15, 0.2) is 60.4 Å². The van der Waals surface area contributed by atoms with Gasteiger partial charge < -0.3 is 24.2 Å². The Morgan fingerprint density at radius 3 is 2.49 bits per heavy atom. The Kier molecular flexibility index (Phi) is 6.93. The summed E-state index contributed by atoms with van der Waals surface area (Å²) in [7, 11) is 1.68. The number of methoxy groups -OCH3 is 1. The molecule has 5 rings (SSSR count). The summed E-state index contributed by atoms with van der Waals surface area (Å²) >= 11 is 0. The molecular weight excluding hydrogens is 442 g/mol. The van der Waals surface area contributed by atoms with Crippen LogP contribution in [-0.4, -0.2) is 73.6 Å². The summed E-state index contributed by atoms with van der Waals surface area (Å²) in [5.74, 6) is 1.00. The zero-order valence-corrected chi connectivity index (χ0v) is 20.3. The Balaban J connectivity index is 1.27. The third kappa shape index (κ3) is 4.99. The minimum absolute atomic E-state index is 0.00307. The number of hydrogen-bond donors (Lipinski definition) is 0. The van der Waals surface area contributed by atoms with E-state index in [-0.39, 0.29) is 30.5 Å². The quantitative estimate of drug-likeness (QED) is 0.619. The number of carbonyl (C=O) groups is 2. The Morgan fingerprint density at radius 2 is 1.71 bits per heavy atom. The Labute approximate surface area is 206 Å². The molecule has 2 aliphatic heterocycles. The molecule has 0 bridgehead atoms. The van der Waals surface area contributed by atoms with Crippen LogP contribution in [0.5, 0.6) is 5.75 Å². The van der Waals surface area contributed by atoms with Gasteiger partial charge in [-0.2, -0.15) is 0 Å². The largest absolute Gasteiger partial charge is 0.495 e. The van der Waals surface area contributed by atoms with Crippen LogP contribution in [0.2, 0.25) is 0 Å². The zero-order valence-electron chi connectivity index (χ0n) is 20.3. The number of anilines is 1. The molecule has 1 saturated carbocycles. The van der Waals surface area contributed by atoms with Crippen LogP contribution < -0.4 is 9.64 Å². The fourth-order valence-corrected chi connectivity index (χ4v) is 5.40. The van der Waals surface area contributed by atoms with Crippen LogP contribution in [0.25, 0.3) is 6.08 Å². The normalized spacial score (nSPS) is 23.6. The number of ether oxygens (including phenoxy) is 2. The Bertz CT molecular complexity index is 1080. The average molecular weight is 476 g/mol. The van der Waals surface area contributed by atoms with Crippen LogP contribution in [-0.2, 0) is 14.3 Å². The van der Waals surface area contributed by atoms with Crippen molar-refractivity contribution in [3.05, 3.63) is 65.9 Å². The van der Waals surface area contributed by atoms with Crippen molar-refractivity contribution in [1.29, 1.82) is 0 Å². The first-order chi connectivity index (χ1) is 17.1. The Hall–Kier alpha value is -3.48. The average Bonchev–Trinajstić information content (AvgIpc) is 2.91. The molecule has 0 N–H and O–H groups in total. The van der Waals surface area contributed by atoms with Crippen molar-refractivity contribution in [2.75, 3.05) is 44.7 Å². The highest BCUT2D eigenvalue weighted by molar-refractivity contribution is 5.98. The summed E-state index contributed by atoms with van der Waals surface area (Å²) < 4.78 is 11.7. The van der Waals surface area contributed by atoms with E-state index in [2.05, 4.69) is 4.90 Å². The molecule has 35 heavy (non-hydrogen) atoms. The van der Waals surface area contributed by atoms with Gasteiger partial charge >= 0.3 is 0 Å². The lowest BCUT2D eigenvalue weighted by molar-refractivity contribution is -0.154. The first-order valence-corrected chi connectivity index (χ1v) is 12.5. The smallest absolute Gasteiger partial charge is 0.289 e. The fraction of sp³-hybridized carbons (Fsp3) is 0.429. The molecular formula is C28H33N3O4. The van der Waals surface area contributed by atoms with Gasteiger partial charge in [-0.25, -0.2) is 0 Å². The molecule has 2 atom stereocenters. The number of amides is 2. The number of benzene rings is 2. The van der Waals surface area contributed by atoms with E-state index in [1.54, 1.807) is 18.1 Å². The summed E-state index contributed by atoms with van der Waals surface area (Å²) in [6.07, 6.45) is 5.68. The van der Waals surface area contributed by atoms with Crippen molar-refractivity contribution in [3.8, 4) is 5.75 Å². The van der Waals surface area contributed by atoms with Crippen molar-refractivity contribution in [1.82, 2.24) is 9.80 Å². The van der Waals surface area contributed by atoms with Crippen molar-refractivity contribution >= 4 is 23.6 Å². The number of nitrogens with zero attached hydrogens (tertiary/aromatic N) is 3. The lowest BCUT2D eigenvalue weighted by atomic mass is 9.89. The molecule has 2 heterocycles. The van der Waals surface area contributed by atoms with Crippen LogP contribution >= 0.6 is 0 Å². The van der Waals surface area contributed by atoms with E-state index in [0.717, 1.165) is 55.8 Å². The number of carbonyl (C=O) groups excluding carboxylic acids is 2. The third-order valence-corrected chi connectivity index (χ3v) is 7.28. The molecule has 0 spiro atoms. The second-order valence-electron chi connectivity index (χ2n) is 9.40. The highest BCUT2D eigenvalue weighted by atomic mass is 16.5. The van der Waals surface area contributed by atoms with Gasteiger partial charge in [0.2, 0.25) is 5.91 Å². The second-order valence-corrected chi connectivity index (χ2v) is 9.40. The lowest BCUT2D eigenvalue weighted by Gasteiger charge is -2.45. The van der Waals surface area contributed by atoms with Gasteiger partial charge in [0.25, 0.3) is 5.91 Å². The fourth-order valence-electron chi connectivity index (χ4n) is 5.40. The zero-order chi connectivity index (χ0) is 24.2. The van der Waals surface area contributed by atoms with Crippen LogP contribution in [0.3, 0.4) is 0 Å². The molecule has 2 unspecified atom stereocenters. The van der Waals surface area contributed by atoms with Gasteiger partial charge in [0, 0.05) is 26.2 Å². The van der Waals surface area contributed by atoms with Gasteiger partial charge in [-0.05, 0) is 43.0 Å². The predicted octanol–water partition coefficient (Wildman–Crippen LogP) is 3.55. The molecule has 3 fully saturated rings. The third-order valence-electron chi connectivity index (χ3n) is 7.28. The molecule has 2 amide bonds. The SMILES string of the molecule is COc1ccccc1N1CCN(C(=O)CN2C(=O)/C(=C\c3ccccc3)OC3CCCCC32)CC1. The summed E-state index contributed by atoms with van der Waals surface area (Å²) in [4.78, 5) is 32.7. The van der Waals surface area contributed by atoms with E-state index in [1.165, 1.54) is 0 Å². The van der Waals surface area contributed by atoms with E-state index in [0.29, 0.717) is 18.8 Å². The maximum absolute atomic E-state index is 13.5. The van der Waals surface area contributed by atoms with Gasteiger partial charge in [-0.1, -0.05) is 48.9 Å². The van der Waals surface area contributed by atoms with E-state index < -0.39 is 0 Å². The summed E-state index contributed by atoms with van der Waals surface area (Å²) in [5, 5.41) is 0. The van der Waals surface area contributed by atoms with Crippen molar-refractivity contribution in [3.63, 3.8) is 0 Å². The number of fused-ring (bicyclic) bond motifs is 1. The van der Waals surface area contributed by atoms with Crippen LogP contribution in [0.1, 0.15) is 31.2 Å². The first-order valence-electron chi connectivity index (χ1n) is 12.5. The van der Waals surface area contributed by atoms with Crippen LogP contribution in [0.4, 0.5) is 5.69 Å². The molecule has 2 saturated heterocycles. The summed E-state index contributed by atoms with van der Waals surface area (Å²) in [5.41, 5.74) is 1.97. The maximum atomic E-state index is 13.5. The van der Waals surface area contributed by atoms with Gasteiger partial charge in [-0.15, -0.1) is 0 Å². The van der Waals surface area contributed by atoms with Gasteiger partial charge in [0.1, 0.15) is 18.4 Å². The minimum atomic E-state index is -0.182. The molecule has 0 aromatic heterocycles. The number of para-hydroxylation sites is 2. The lowest BCUT2D eigenvalue weighted by Crippen LogP contribution is -2.58. The molecule has 0 radical (unpaired) electrons. The van der Waals surface area contributed by atoms with Gasteiger partial charge in [0.15, 0.2) is 5.76 Å². The number of piperazine rings is 1. The topological polar surface area (TPSA) is 62.3 Å². The molecule has 7 nitrogen and oxygen atoms in total. The van der Waals surface area contributed by atoms with E-state index in [1.807, 2.05) is 59.5 Å². The molecule has 1 aliphatic carbocycles. The van der Waals surface area contributed by atoms with Crippen molar-refractivity contribution < 1.29 is 19.1 Å². The highest BCUT2D eigenvalue weighted by Crippen LogP contribution is 2.33. The predicted molar refractivity (Wildman–Crippen MR) is 135 cm³/mol. The van der Waals surface area contributed by atoms with Crippen LogP contribution in [0, 0.1) is 0 Å². The van der Waals surface area contributed by atoms with E-state index in [9.17, 15) is 9.59 Å². The maximum Gasteiger partial charge on any atom is 0.289 e. The highest BCUT2D eigenvalue weighted by Gasteiger charge is 2.42. The molecule has 184 valence electrons. The van der Waals surface area contributed by atoms with Crippen molar-refractivity contribution in [2.45, 2.75) is 37.8 Å². The molecule has 2 aromatic carbocycles. The summed E-state index contributed by atoms with van der Waals surface area (Å²) in [6.45, 7) is 2.80. The molecule has 7 heteroatoms. The standard InChI is InChI=1S/C28H33N3O4/c1-34-24-13-7-5-11-22(24)29-15-17-30(18-16-29)27(32)20-31-23-12-6-8-14-25(23)35-26(28(31)33)19-21-9-3-2-4-10-21/h2-5,7,9-11,13,19,23,25H,6,8,12,14-18,20H2,1H3/b26-19+. The van der Waals surface area contributed by atoms with Crippen molar-refractivity contribution in [2.24, 2.45) is 0 Å². The second kappa shape index (κ2) is 10.4. The number of morpholine rings is 1. The van der Waals surface area contributed by atoms with Gasteiger partial charge in [-0.3, -0.25) is 9.59 Å². The molecule has 2 aromatic rings.